The second kappa shape index (κ2) is 6.48. The van der Waals surface area contributed by atoms with E-state index in [1.807, 2.05) is 4.90 Å². The molecule has 2 unspecified atom stereocenters. The highest BCUT2D eigenvalue weighted by atomic mass is 16.2. The van der Waals surface area contributed by atoms with Gasteiger partial charge in [0.25, 0.3) is 5.91 Å². The summed E-state index contributed by atoms with van der Waals surface area (Å²) in [5.74, 6) is -0.0253. The van der Waals surface area contributed by atoms with Crippen molar-refractivity contribution in [3.8, 4) is 0 Å². The van der Waals surface area contributed by atoms with E-state index in [-0.39, 0.29) is 23.8 Å². The number of hydrogen-bond donors (Lipinski definition) is 2. The van der Waals surface area contributed by atoms with Crippen molar-refractivity contribution in [2.24, 2.45) is 11.7 Å². The Morgan fingerprint density at radius 2 is 1.73 bits per heavy atom. The fourth-order valence-electron chi connectivity index (χ4n) is 3.35. The Morgan fingerprint density at radius 1 is 1.05 bits per heavy atom. The Kier molecular flexibility index (Phi) is 4.43. The number of nitrogens with zero attached hydrogens (tertiary/aromatic N) is 1. The first-order valence-electron chi connectivity index (χ1n) is 8.11. The van der Waals surface area contributed by atoms with Crippen LogP contribution in [0.15, 0.2) is 24.3 Å². The summed E-state index contributed by atoms with van der Waals surface area (Å²) in [5, 5.41) is 2.91. The fourth-order valence-corrected chi connectivity index (χ4v) is 3.35. The summed E-state index contributed by atoms with van der Waals surface area (Å²) in [6.07, 6.45) is 4.96. The van der Waals surface area contributed by atoms with Gasteiger partial charge in [0.05, 0.1) is 5.92 Å². The maximum Gasteiger partial charge on any atom is 0.253 e. The molecule has 22 heavy (non-hydrogen) atoms. The van der Waals surface area contributed by atoms with Gasteiger partial charge in [0.1, 0.15) is 0 Å². The minimum absolute atomic E-state index is 0.0105. The fraction of sp³-hybridized carbons (Fsp3) is 0.529. The largest absolute Gasteiger partial charge is 0.339 e. The van der Waals surface area contributed by atoms with E-state index in [0.29, 0.717) is 5.56 Å². The molecular weight excluding hydrogens is 278 g/mol. The molecule has 0 aromatic heterocycles. The molecule has 1 aliphatic heterocycles. The van der Waals surface area contributed by atoms with Gasteiger partial charge in [-0.2, -0.15) is 0 Å². The quantitative estimate of drug-likeness (QED) is 0.896. The molecule has 2 atom stereocenters. The van der Waals surface area contributed by atoms with E-state index in [1.54, 1.807) is 24.3 Å². The van der Waals surface area contributed by atoms with Gasteiger partial charge in [-0.25, -0.2) is 0 Å². The van der Waals surface area contributed by atoms with Crippen molar-refractivity contribution in [2.45, 2.75) is 38.1 Å². The maximum atomic E-state index is 12.3. The van der Waals surface area contributed by atoms with E-state index in [1.165, 1.54) is 0 Å². The third-order valence-electron chi connectivity index (χ3n) is 4.70. The minimum atomic E-state index is -0.0918. The van der Waals surface area contributed by atoms with Crippen LogP contribution in [-0.2, 0) is 4.79 Å². The molecule has 0 bridgehead atoms. The number of benzene rings is 1. The molecule has 118 valence electrons. The Hall–Kier alpha value is -1.88. The van der Waals surface area contributed by atoms with Crippen molar-refractivity contribution >= 4 is 17.5 Å². The number of nitrogens with one attached hydrogen (secondary N) is 1. The van der Waals surface area contributed by atoms with E-state index in [0.717, 1.165) is 50.9 Å². The molecule has 3 N–H and O–H groups in total. The highest BCUT2D eigenvalue weighted by molar-refractivity contribution is 5.96. The standard InChI is InChI=1S/C17H23N3O2/c18-15-5-3-4-14(15)16(21)19-13-8-6-12(7-9-13)17(22)20-10-1-2-11-20/h6-9,14-15H,1-5,10-11,18H2,(H,19,21). The summed E-state index contributed by atoms with van der Waals surface area (Å²) >= 11 is 0. The van der Waals surface area contributed by atoms with Crippen LogP contribution in [0.5, 0.6) is 0 Å². The predicted octanol–water partition coefficient (Wildman–Crippen LogP) is 1.99. The monoisotopic (exact) mass is 301 g/mol. The number of carbonyl (C=O) groups is 2. The van der Waals surface area contributed by atoms with Crippen LogP contribution in [0.3, 0.4) is 0 Å². The van der Waals surface area contributed by atoms with Gasteiger partial charge in [0, 0.05) is 30.4 Å². The van der Waals surface area contributed by atoms with Gasteiger partial charge in [0.15, 0.2) is 0 Å². The van der Waals surface area contributed by atoms with Crippen LogP contribution in [0.4, 0.5) is 5.69 Å². The summed E-state index contributed by atoms with van der Waals surface area (Å²) in [4.78, 5) is 26.3. The second-order valence-corrected chi connectivity index (χ2v) is 6.27. The first-order valence-corrected chi connectivity index (χ1v) is 8.11. The van der Waals surface area contributed by atoms with Crippen LogP contribution in [0.2, 0.25) is 0 Å². The molecular formula is C17H23N3O2. The highest BCUT2D eigenvalue weighted by Crippen LogP contribution is 2.25. The van der Waals surface area contributed by atoms with Crippen LogP contribution in [-0.4, -0.2) is 35.8 Å². The lowest BCUT2D eigenvalue weighted by molar-refractivity contribution is -0.120. The summed E-state index contributed by atoms with van der Waals surface area (Å²) in [5.41, 5.74) is 7.36. The number of amides is 2. The molecule has 2 amide bonds. The second-order valence-electron chi connectivity index (χ2n) is 6.27. The van der Waals surface area contributed by atoms with Gasteiger partial charge >= 0.3 is 0 Å². The van der Waals surface area contributed by atoms with Gasteiger partial charge < -0.3 is 16.0 Å². The average Bonchev–Trinajstić information content (AvgIpc) is 3.18. The molecule has 1 aliphatic carbocycles. The summed E-state index contributed by atoms with van der Waals surface area (Å²) in [7, 11) is 0. The average molecular weight is 301 g/mol. The summed E-state index contributed by atoms with van der Waals surface area (Å²) < 4.78 is 0. The lowest BCUT2D eigenvalue weighted by Crippen LogP contribution is -2.34. The van der Waals surface area contributed by atoms with Crippen molar-refractivity contribution in [1.82, 2.24) is 4.90 Å². The first-order chi connectivity index (χ1) is 10.6. The Morgan fingerprint density at radius 3 is 2.32 bits per heavy atom. The van der Waals surface area contributed by atoms with Crippen molar-refractivity contribution in [3.63, 3.8) is 0 Å². The van der Waals surface area contributed by atoms with Crippen LogP contribution in [0.25, 0.3) is 0 Å². The normalized spacial score (nSPS) is 24.5. The third kappa shape index (κ3) is 3.14. The molecule has 1 saturated heterocycles. The topological polar surface area (TPSA) is 75.4 Å². The zero-order chi connectivity index (χ0) is 15.5. The number of rotatable bonds is 3. The van der Waals surface area contributed by atoms with E-state index in [9.17, 15) is 9.59 Å². The highest BCUT2D eigenvalue weighted by Gasteiger charge is 2.30. The Balaban J connectivity index is 1.61. The lowest BCUT2D eigenvalue weighted by Gasteiger charge is -2.17. The van der Waals surface area contributed by atoms with Gasteiger partial charge in [-0.1, -0.05) is 6.42 Å². The predicted molar refractivity (Wildman–Crippen MR) is 85.5 cm³/mol. The molecule has 1 aromatic rings. The number of likely N-dealkylation sites (tertiary alicyclic amines) is 1. The van der Waals surface area contributed by atoms with Gasteiger partial charge in [-0.15, -0.1) is 0 Å². The first kappa shape index (κ1) is 15.0. The zero-order valence-corrected chi connectivity index (χ0v) is 12.8. The van der Waals surface area contributed by atoms with Crippen LogP contribution >= 0.6 is 0 Å². The van der Waals surface area contributed by atoms with Crippen LogP contribution < -0.4 is 11.1 Å². The SMILES string of the molecule is NC1CCCC1C(=O)Nc1ccc(C(=O)N2CCCC2)cc1. The Labute approximate surface area is 130 Å². The number of nitrogens with two attached hydrogens (primary N) is 1. The molecule has 0 spiro atoms. The number of anilines is 1. The molecule has 5 heteroatoms. The molecule has 3 rings (SSSR count). The Bertz CT molecular complexity index is 550. The van der Waals surface area contributed by atoms with Crippen molar-refractivity contribution < 1.29 is 9.59 Å². The summed E-state index contributed by atoms with van der Waals surface area (Å²) in [6.45, 7) is 1.69. The molecule has 5 nitrogen and oxygen atoms in total. The summed E-state index contributed by atoms with van der Waals surface area (Å²) in [6, 6.07) is 7.12. The number of hydrogen-bond acceptors (Lipinski definition) is 3. The van der Waals surface area contributed by atoms with Crippen molar-refractivity contribution in [1.29, 1.82) is 0 Å². The maximum absolute atomic E-state index is 12.3. The van der Waals surface area contributed by atoms with E-state index in [2.05, 4.69) is 5.32 Å². The minimum Gasteiger partial charge on any atom is -0.339 e. The van der Waals surface area contributed by atoms with Gasteiger partial charge in [0.2, 0.25) is 5.91 Å². The van der Waals surface area contributed by atoms with E-state index < -0.39 is 0 Å². The third-order valence-corrected chi connectivity index (χ3v) is 4.70. The molecule has 0 radical (unpaired) electrons. The molecule has 1 aromatic carbocycles. The van der Waals surface area contributed by atoms with Crippen molar-refractivity contribution in [2.75, 3.05) is 18.4 Å². The van der Waals surface area contributed by atoms with Crippen LogP contribution in [0.1, 0.15) is 42.5 Å². The van der Waals surface area contributed by atoms with Gasteiger partial charge in [-0.05, 0) is 49.9 Å². The van der Waals surface area contributed by atoms with Crippen molar-refractivity contribution in [3.05, 3.63) is 29.8 Å². The lowest BCUT2D eigenvalue weighted by atomic mass is 10.0. The smallest absolute Gasteiger partial charge is 0.253 e. The van der Waals surface area contributed by atoms with E-state index in [4.69, 9.17) is 5.73 Å². The van der Waals surface area contributed by atoms with E-state index >= 15 is 0 Å². The van der Waals surface area contributed by atoms with Gasteiger partial charge in [-0.3, -0.25) is 9.59 Å². The number of carbonyl (C=O) groups excluding carboxylic acids is 2. The van der Waals surface area contributed by atoms with Crippen LogP contribution in [0, 0.1) is 5.92 Å². The molecule has 2 fully saturated rings. The molecule has 1 saturated carbocycles. The zero-order valence-electron chi connectivity index (χ0n) is 12.8. The molecule has 2 aliphatic rings. The molecule has 1 heterocycles.